The summed E-state index contributed by atoms with van der Waals surface area (Å²) >= 11 is 6.05. The Balaban J connectivity index is 1.66. The van der Waals surface area contributed by atoms with E-state index in [1.54, 1.807) is 18.3 Å². The van der Waals surface area contributed by atoms with E-state index in [-0.39, 0.29) is 30.6 Å². The van der Waals surface area contributed by atoms with Crippen LogP contribution in [0.1, 0.15) is 25.3 Å². The number of anilines is 1. The number of nitrogens with zero attached hydrogens (tertiary/aromatic N) is 2. The zero-order valence-corrected chi connectivity index (χ0v) is 22.7. The summed E-state index contributed by atoms with van der Waals surface area (Å²) in [5.74, 6) is -1.19. The van der Waals surface area contributed by atoms with Crippen molar-refractivity contribution >= 4 is 46.1 Å². The highest BCUT2D eigenvalue weighted by atomic mass is 35.5. The van der Waals surface area contributed by atoms with Crippen LogP contribution < -0.4 is 21.8 Å². The summed E-state index contributed by atoms with van der Waals surface area (Å²) in [4.78, 5) is 41.2. The van der Waals surface area contributed by atoms with Gasteiger partial charge in [-0.25, -0.2) is 19.6 Å². The maximum absolute atomic E-state index is 13.9. The molecule has 0 unspecified atom stereocenters. The molecule has 40 heavy (non-hydrogen) atoms. The number of aliphatic hydroxyl groups is 1. The van der Waals surface area contributed by atoms with Gasteiger partial charge >= 0.3 is 6.09 Å². The highest BCUT2D eigenvalue weighted by Gasteiger charge is 2.24. The number of hydrogen-bond donors (Lipinski definition) is 5. The second-order valence-corrected chi connectivity index (χ2v) is 9.33. The number of halogens is 2. The first-order valence-electron chi connectivity index (χ1n) is 12.6. The van der Waals surface area contributed by atoms with Crippen LogP contribution >= 0.6 is 11.6 Å². The molecule has 0 fully saturated rings. The smallest absolute Gasteiger partial charge is 0.412 e. The fraction of sp³-hybridized carbons (Fsp3) is 0.333. The van der Waals surface area contributed by atoms with Gasteiger partial charge in [0.1, 0.15) is 24.3 Å². The molecular formula is C27H32ClFN6O5. The topological polar surface area (TPSA) is 159 Å². The molecule has 0 aliphatic heterocycles. The van der Waals surface area contributed by atoms with Crippen LogP contribution in [0.15, 0.2) is 54.7 Å². The largest absolute Gasteiger partial charge is 0.447 e. The van der Waals surface area contributed by atoms with Gasteiger partial charge in [0.25, 0.3) is 0 Å². The average molecular weight is 575 g/mol. The van der Waals surface area contributed by atoms with Gasteiger partial charge in [-0.1, -0.05) is 48.0 Å². The molecule has 0 aliphatic carbocycles. The molecule has 0 saturated carbocycles. The number of hydrazine groups is 1. The number of hydrogen-bond acceptors (Lipinski definition) is 8. The van der Waals surface area contributed by atoms with E-state index in [1.165, 1.54) is 24.1 Å². The Morgan fingerprint density at radius 3 is 2.65 bits per heavy atom. The van der Waals surface area contributed by atoms with Crippen LogP contribution in [0.4, 0.5) is 15.0 Å². The Labute approximate surface area is 235 Å². The predicted molar refractivity (Wildman–Crippen MR) is 149 cm³/mol. The number of nitrogens with two attached hydrogens (primary N) is 1. The Bertz CT molecular complexity index is 1330. The van der Waals surface area contributed by atoms with Crippen LogP contribution in [0.5, 0.6) is 0 Å². The summed E-state index contributed by atoms with van der Waals surface area (Å²) in [5, 5.41) is 17.2. The first kappa shape index (κ1) is 30.7. The summed E-state index contributed by atoms with van der Waals surface area (Å²) in [5.41, 5.74) is 8.88. The third kappa shape index (κ3) is 8.85. The van der Waals surface area contributed by atoms with Gasteiger partial charge in [0, 0.05) is 31.6 Å². The molecule has 214 valence electrons. The van der Waals surface area contributed by atoms with Gasteiger partial charge < -0.3 is 20.9 Å². The molecule has 0 radical (unpaired) electrons. The molecule has 13 heteroatoms. The fourth-order valence-corrected chi connectivity index (χ4v) is 4.06. The predicted octanol–water partition coefficient (Wildman–Crippen LogP) is 2.71. The molecule has 1 aromatic heterocycles. The quantitative estimate of drug-likeness (QED) is 0.154. The van der Waals surface area contributed by atoms with E-state index in [0.29, 0.717) is 24.2 Å². The second-order valence-electron chi connectivity index (χ2n) is 8.95. The monoisotopic (exact) mass is 574 g/mol. The highest BCUT2D eigenvalue weighted by Crippen LogP contribution is 2.20. The Kier molecular flexibility index (Phi) is 11.6. The van der Waals surface area contributed by atoms with Gasteiger partial charge in [0.05, 0.1) is 17.7 Å². The summed E-state index contributed by atoms with van der Waals surface area (Å²) in [6, 6.07) is 11.9. The molecular weight excluding hydrogens is 543 g/mol. The van der Waals surface area contributed by atoms with Gasteiger partial charge in [-0.05, 0) is 35.9 Å². The molecule has 11 nitrogen and oxygen atoms in total. The number of rotatable bonds is 13. The first-order valence-corrected chi connectivity index (χ1v) is 13.0. The lowest BCUT2D eigenvalue weighted by molar-refractivity contribution is -0.136. The van der Waals surface area contributed by atoms with Crippen molar-refractivity contribution in [3.63, 3.8) is 0 Å². The van der Waals surface area contributed by atoms with Crippen LogP contribution in [0.2, 0.25) is 5.02 Å². The third-order valence-corrected chi connectivity index (χ3v) is 6.41. The molecule has 0 spiro atoms. The number of carbonyl (C=O) groups excluding carboxylic acids is 3. The van der Waals surface area contributed by atoms with Crippen molar-refractivity contribution < 1.29 is 28.6 Å². The van der Waals surface area contributed by atoms with E-state index in [1.807, 2.05) is 24.3 Å². The minimum Gasteiger partial charge on any atom is -0.447 e. The lowest BCUT2D eigenvalue weighted by Crippen LogP contribution is -2.51. The van der Waals surface area contributed by atoms with Crippen LogP contribution in [-0.2, 0) is 20.9 Å². The standard InChI is InChI=1S/C27H32ClFN6O5/c1-17(37)35(33-14-20-8-4-10-22(29)25(20)28)21(9-5-11-31-26(38)23(30)15-36)16-40-27(39)34-24-12-18-6-2-3-7-19(18)13-32-24/h2-4,6-8,10,12-13,21,23,33,36H,5,9,11,14-16,30H2,1H3,(H,31,38)(H,32,34,39)/t21-,23-/m0/s1. The zero-order chi connectivity index (χ0) is 29.1. The summed E-state index contributed by atoms with van der Waals surface area (Å²) in [7, 11) is 0. The van der Waals surface area contributed by atoms with E-state index < -0.39 is 36.5 Å². The summed E-state index contributed by atoms with van der Waals surface area (Å²) in [6.07, 6.45) is 1.55. The third-order valence-electron chi connectivity index (χ3n) is 5.99. The number of pyridine rings is 1. The van der Waals surface area contributed by atoms with Crippen LogP contribution in [-0.4, -0.2) is 64.8 Å². The van der Waals surface area contributed by atoms with E-state index in [2.05, 4.69) is 21.0 Å². The number of nitrogens with one attached hydrogen (secondary N) is 3. The van der Waals surface area contributed by atoms with E-state index >= 15 is 0 Å². The molecule has 6 N–H and O–H groups in total. The maximum atomic E-state index is 13.9. The SMILES string of the molecule is CC(=O)N(NCc1cccc(F)c1Cl)[C@@H](CCCNC(=O)[C@@H](N)CO)COC(=O)Nc1cc2ccccc2cn1. The number of aliphatic hydroxyl groups excluding tert-OH is 1. The molecule has 0 aliphatic rings. The lowest BCUT2D eigenvalue weighted by atomic mass is 10.1. The van der Waals surface area contributed by atoms with E-state index in [0.717, 1.165) is 10.8 Å². The number of carbonyl (C=O) groups is 3. The molecule has 1 heterocycles. The van der Waals surface area contributed by atoms with Gasteiger partial charge in [-0.15, -0.1) is 0 Å². The average Bonchev–Trinajstić information content (AvgIpc) is 2.94. The Morgan fingerprint density at radius 1 is 1.18 bits per heavy atom. The highest BCUT2D eigenvalue weighted by molar-refractivity contribution is 6.31. The van der Waals surface area contributed by atoms with Crippen molar-refractivity contribution in [3.8, 4) is 0 Å². The van der Waals surface area contributed by atoms with Crippen molar-refractivity contribution in [1.29, 1.82) is 0 Å². The molecule has 2 atom stereocenters. The van der Waals surface area contributed by atoms with Gasteiger partial charge in [-0.2, -0.15) is 0 Å². The minimum absolute atomic E-state index is 0.0297. The number of amides is 3. The van der Waals surface area contributed by atoms with Gasteiger partial charge in [0.15, 0.2) is 0 Å². The first-order chi connectivity index (χ1) is 19.2. The number of ether oxygens (including phenoxy) is 1. The van der Waals surface area contributed by atoms with Crippen molar-refractivity contribution in [3.05, 3.63) is 71.1 Å². The van der Waals surface area contributed by atoms with Crippen LogP contribution in [0.3, 0.4) is 0 Å². The van der Waals surface area contributed by atoms with Crippen LogP contribution in [0, 0.1) is 5.82 Å². The Hall–Kier alpha value is -3.84. The number of benzene rings is 2. The number of aromatic nitrogens is 1. The minimum atomic E-state index is -1.04. The lowest BCUT2D eigenvalue weighted by Gasteiger charge is -2.31. The number of fused-ring (bicyclic) bond motifs is 1. The fourth-order valence-electron chi connectivity index (χ4n) is 3.87. The van der Waals surface area contributed by atoms with Crippen molar-refractivity contribution in [2.24, 2.45) is 5.73 Å². The second kappa shape index (κ2) is 15.1. The van der Waals surface area contributed by atoms with Crippen molar-refractivity contribution in [2.45, 2.75) is 38.4 Å². The van der Waals surface area contributed by atoms with Gasteiger partial charge in [-0.3, -0.25) is 19.9 Å². The summed E-state index contributed by atoms with van der Waals surface area (Å²) in [6.45, 7) is 0.870. The van der Waals surface area contributed by atoms with E-state index in [9.17, 15) is 18.8 Å². The van der Waals surface area contributed by atoms with Crippen molar-refractivity contribution in [2.75, 3.05) is 25.1 Å². The molecule has 3 rings (SSSR count). The molecule has 3 amide bonds. The normalized spacial score (nSPS) is 12.4. The Morgan fingerprint density at radius 2 is 1.93 bits per heavy atom. The molecule has 3 aromatic rings. The van der Waals surface area contributed by atoms with E-state index in [4.69, 9.17) is 27.2 Å². The summed E-state index contributed by atoms with van der Waals surface area (Å²) < 4.78 is 19.3. The maximum Gasteiger partial charge on any atom is 0.412 e. The zero-order valence-electron chi connectivity index (χ0n) is 21.9. The van der Waals surface area contributed by atoms with Crippen molar-refractivity contribution in [1.82, 2.24) is 20.7 Å². The molecule has 0 saturated heterocycles. The molecule has 0 bridgehead atoms. The van der Waals surface area contributed by atoms with Crippen LogP contribution in [0.25, 0.3) is 10.8 Å². The van der Waals surface area contributed by atoms with Gasteiger partial charge in [0.2, 0.25) is 11.8 Å². The molecule has 2 aromatic carbocycles.